The van der Waals surface area contributed by atoms with Crippen molar-refractivity contribution in [3.8, 4) is 0 Å². The number of aryl methyl sites for hydroxylation is 1. The molecular weight excluding hydrogens is 208 g/mol. The van der Waals surface area contributed by atoms with Crippen LogP contribution < -0.4 is 0 Å². The third-order valence-electron chi connectivity index (χ3n) is 2.15. The molecule has 0 saturated carbocycles. The molecule has 0 atom stereocenters. The minimum absolute atomic E-state index is 0.146. The first kappa shape index (κ1) is 11.9. The number of rotatable bonds is 6. The van der Waals surface area contributed by atoms with E-state index in [-0.39, 0.29) is 6.42 Å². The zero-order valence-electron chi connectivity index (χ0n) is 8.48. The number of carbonyl (C=O) groups is 1. The van der Waals surface area contributed by atoms with Crippen LogP contribution in [0.25, 0.3) is 0 Å². The molecule has 1 rings (SSSR count). The van der Waals surface area contributed by atoms with Crippen LogP contribution in [-0.2, 0) is 11.2 Å². The molecule has 0 bridgehead atoms. The van der Waals surface area contributed by atoms with Gasteiger partial charge in [-0.05, 0) is 29.7 Å². The van der Waals surface area contributed by atoms with Crippen LogP contribution in [0, 0.1) is 0 Å². The number of aliphatic carboxylic acids is 1. The first-order chi connectivity index (χ1) is 7.18. The van der Waals surface area contributed by atoms with Gasteiger partial charge >= 0.3 is 5.97 Å². The lowest BCUT2D eigenvalue weighted by Gasteiger charge is -2.02. The van der Waals surface area contributed by atoms with Gasteiger partial charge in [0.05, 0.1) is 0 Å². The third kappa shape index (κ3) is 5.27. The summed E-state index contributed by atoms with van der Waals surface area (Å²) in [6.45, 7) is 0. The lowest BCUT2D eigenvalue weighted by molar-refractivity contribution is -0.136. The van der Waals surface area contributed by atoms with Gasteiger partial charge in [0.1, 0.15) is 0 Å². The molecule has 0 aromatic heterocycles. The maximum atomic E-state index is 10.3. The number of carboxylic acids is 1. The summed E-state index contributed by atoms with van der Waals surface area (Å²) >= 11 is 5.11. The molecule has 1 aromatic carbocycles. The highest BCUT2D eigenvalue weighted by atomic mass is 32.1. The van der Waals surface area contributed by atoms with Gasteiger partial charge in [0.25, 0.3) is 0 Å². The van der Waals surface area contributed by atoms with E-state index in [9.17, 15) is 4.79 Å². The number of thiocarbonyl (C=S) groups is 1. The van der Waals surface area contributed by atoms with Crippen molar-refractivity contribution < 1.29 is 9.90 Å². The molecule has 0 aliphatic rings. The van der Waals surface area contributed by atoms with Gasteiger partial charge in [-0.1, -0.05) is 42.5 Å². The average molecular weight is 222 g/mol. The van der Waals surface area contributed by atoms with E-state index in [4.69, 9.17) is 17.3 Å². The van der Waals surface area contributed by atoms with Gasteiger partial charge in [-0.2, -0.15) is 0 Å². The van der Waals surface area contributed by atoms with Crippen LogP contribution >= 0.6 is 12.2 Å². The Kier molecular flexibility index (Phi) is 4.98. The molecular formula is C12H14O2S. The van der Waals surface area contributed by atoms with Gasteiger partial charge < -0.3 is 5.11 Å². The van der Waals surface area contributed by atoms with E-state index in [2.05, 4.69) is 12.1 Å². The Bertz CT molecular complexity index is 333. The summed E-state index contributed by atoms with van der Waals surface area (Å²) in [5.74, 6) is -0.780. The van der Waals surface area contributed by atoms with Crippen LogP contribution in [-0.4, -0.2) is 15.9 Å². The maximum Gasteiger partial charge on any atom is 0.303 e. The van der Waals surface area contributed by atoms with E-state index in [1.54, 1.807) is 0 Å². The van der Waals surface area contributed by atoms with Gasteiger partial charge in [-0.3, -0.25) is 4.79 Å². The Morgan fingerprint density at radius 3 is 2.40 bits per heavy atom. The van der Waals surface area contributed by atoms with Crippen LogP contribution in [0.4, 0.5) is 0 Å². The number of benzene rings is 1. The zero-order valence-corrected chi connectivity index (χ0v) is 9.30. The first-order valence-corrected chi connectivity index (χ1v) is 5.37. The predicted molar refractivity (Wildman–Crippen MR) is 64.2 cm³/mol. The fraction of sp³-hybridized carbons (Fsp3) is 0.333. The Hall–Kier alpha value is -1.22. The summed E-state index contributed by atoms with van der Waals surface area (Å²) in [6, 6.07) is 10.1. The Labute approximate surface area is 94.9 Å². The highest BCUT2D eigenvalue weighted by molar-refractivity contribution is 7.80. The number of hydrogen-bond donors (Lipinski definition) is 1. The molecule has 80 valence electrons. The van der Waals surface area contributed by atoms with Crippen molar-refractivity contribution in [1.29, 1.82) is 0 Å². The molecule has 1 aromatic rings. The largest absolute Gasteiger partial charge is 0.481 e. The fourth-order valence-corrected chi connectivity index (χ4v) is 1.50. The maximum absolute atomic E-state index is 10.3. The van der Waals surface area contributed by atoms with Crippen molar-refractivity contribution in [2.24, 2.45) is 0 Å². The highest BCUT2D eigenvalue weighted by Gasteiger charge is 2.02. The Morgan fingerprint density at radius 1 is 1.13 bits per heavy atom. The summed E-state index contributed by atoms with van der Waals surface area (Å²) in [4.78, 5) is 11.2. The molecule has 0 spiro atoms. The van der Waals surface area contributed by atoms with E-state index in [0.29, 0.717) is 6.42 Å². The van der Waals surface area contributed by atoms with Crippen LogP contribution in [0.5, 0.6) is 0 Å². The van der Waals surface area contributed by atoms with Gasteiger partial charge in [0.2, 0.25) is 0 Å². The quantitative estimate of drug-likeness (QED) is 0.752. The Morgan fingerprint density at radius 2 is 1.80 bits per heavy atom. The molecule has 3 heteroatoms. The van der Waals surface area contributed by atoms with E-state index >= 15 is 0 Å². The molecule has 0 saturated heterocycles. The van der Waals surface area contributed by atoms with Gasteiger partial charge in [0, 0.05) is 6.42 Å². The summed E-state index contributed by atoms with van der Waals surface area (Å²) in [7, 11) is 0. The molecule has 15 heavy (non-hydrogen) atoms. The standard InChI is InChI=1S/C12H14O2S/c13-12(14)9-8-11(15)7-6-10-4-2-1-3-5-10/h1-5H,6-9H2,(H,13,14). The Balaban J connectivity index is 2.26. The molecule has 0 heterocycles. The van der Waals surface area contributed by atoms with Crippen LogP contribution in [0.1, 0.15) is 24.8 Å². The molecule has 1 N–H and O–H groups in total. The van der Waals surface area contributed by atoms with Crippen LogP contribution in [0.15, 0.2) is 30.3 Å². The molecule has 0 unspecified atom stereocenters. The summed E-state index contributed by atoms with van der Waals surface area (Å²) in [5.41, 5.74) is 1.25. The first-order valence-electron chi connectivity index (χ1n) is 4.96. The molecule has 0 aliphatic carbocycles. The molecule has 0 amide bonds. The zero-order chi connectivity index (χ0) is 11.1. The molecule has 0 fully saturated rings. The van der Waals surface area contributed by atoms with Gasteiger partial charge in [-0.25, -0.2) is 0 Å². The van der Waals surface area contributed by atoms with E-state index in [1.165, 1.54) is 5.56 Å². The van der Waals surface area contributed by atoms with E-state index in [0.717, 1.165) is 17.7 Å². The van der Waals surface area contributed by atoms with Crippen molar-refractivity contribution >= 4 is 23.1 Å². The lowest BCUT2D eigenvalue weighted by atomic mass is 10.1. The van der Waals surface area contributed by atoms with Gasteiger partial charge in [0.15, 0.2) is 0 Å². The predicted octanol–water partition coefficient (Wildman–Crippen LogP) is 2.85. The number of carboxylic acid groups (broad SMARTS) is 1. The monoisotopic (exact) mass is 222 g/mol. The van der Waals surface area contributed by atoms with E-state index in [1.807, 2.05) is 18.2 Å². The van der Waals surface area contributed by atoms with Crippen molar-refractivity contribution in [2.45, 2.75) is 25.7 Å². The van der Waals surface area contributed by atoms with Crippen molar-refractivity contribution in [3.05, 3.63) is 35.9 Å². The average Bonchev–Trinajstić information content (AvgIpc) is 2.25. The normalized spacial score (nSPS) is 9.87. The van der Waals surface area contributed by atoms with E-state index < -0.39 is 5.97 Å². The second-order valence-electron chi connectivity index (χ2n) is 3.42. The van der Waals surface area contributed by atoms with Gasteiger partial charge in [-0.15, -0.1) is 0 Å². The fourth-order valence-electron chi connectivity index (χ4n) is 1.30. The summed E-state index contributed by atoms with van der Waals surface area (Å²) < 4.78 is 0. The minimum atomic E-state index is -0.780. The topological polar surface area (TPSA) is 37.3 Å². The molecule has 0 aliphatic heterocycles. The molecule has 2 nitrogen and oxygen atoms in total. The minimum Gasteiger partial charge on any atom is -0.481 e. The second-order valence-corrected chi connectivity index (χ2v) is 4.00. The van der Waals surface area contributed by atoms with Crippen molar-refractivity contribution in [2.75, 3.05) is 0 Å². The smallest absolute Gasteiger partial charge is 0.303 e. The van der Waals surface area contributed by atoms with Crippen LogP contribution in [0.3, 0.4) is 0 Å². The second kappa shape index (κ2) is 6.30. The molecule has 0 radical (unpaired) electrons. The SMILES string of the molecule is O=C(O)CCC(=S)CCc1ccccc1. The third-order valence-corrected chi connectivity index (χ3v) is 2.56. The summed E-state index contributed by atoms with van der Waals surface area (Å²) in [5, 5.41) is 8.49. The van der Waals surface area contributed by atoms with Crippen LogP contribution in [0.2, 0.25) is 0 Å². The number of hydrogen-bond acceptors (Lipinski definition) is 2. The highest BCUT2D eigenvalue weighted by Crippen LogP contribution is 2.06. The van der Waals surface area contributed by atoms with Crippen molar-refractivity contribution in [3.63, 3.8) is 0 Å². The summed E-state index contributed by atoms with van der Waals surface area (Å²) in [6.07, 6.45) is 2.36. The van der Waals surface area contributed by atoms with Crippen molar-refractivity contribution in [1.82, 2.24) is 0 Å². The lowest BCUT2D eigenvalue weighted by Crippen LogP contribution is -2.02.